The van der Waals surface area contributed by atoms with Gasteiger partial charge in [-0.3, -0.25) is 4.79 Å². The van der Waals surface area contributed by atoms with Gasteiger partial charge in [-0.1, -0.05) is 0 Å². The van der Waals surface area contributed by atoms with E-state index in [-0.39, 0.29) is 5.82 Å². The number of aromatic nitrogens is 3. The summed E-state index contributed by atoms with van der Waals surface area (Å²) in [6, 6.07) is 2.59. The van der Waals surface area contributed by atoms with Crippen LogP contribution in [0.15, 0.2) is 30.7 Å². The van der Waals surface area contributed by atoms with Crippen molar-refractivity contribution in [2.24, 2.45) is 7.05 Å². The maximum atomic E-state index is 13.3. The number of carbonyl (C=O) groups is 1. The average molecular weight is 330 g/mol. The van der Waals surface area contributed by atoms with E-state index in [4.69, 9.17) is 0 Å². The van der Waals surface area contributed by atoms with E-state index in [0.29, 0.717) is 0 Å². The third-order valence-electron chi connectivity index (χ3n) is 3.12. The zero-order valence-corrected chi connectivity index (χ0v) is 11.9. The number of pyridine rings is 1. The number of amides is 1. The van der Waals surface area contributed by atoms with E-state index in [1.54, 1.807) is 0 Å². The Balaban J connectivity index is 2.28. The largest absolute Gasteiger partial charge is 0.504 e. The molecule has 0 aliphatic rings. The first kappa shape index (κ1) is 16.7. The first-order chi connectivity index (χ1) is 10.6. The van der Waals surface area contributed by atoms with Crippen molar-refractivity contribution >= 4 is 11.7 Å². The van der Waals surface area contributed by atoms with Gasteiger partial charge in [0.05, 0.1) is 6.42 Å². The van der Waals surface area contributed by atoms with Crippen molar-refractivity contribution in [2.75, 3.05) is 5.32 Å². The highest BCUT2D eigenvalue weighted by Gasteiger charge is 2.58. The van der Waals surface area contributed by atoms with E-state index in [9.17, 15) is 28.2 Å². The quantitative estimate of drug-likeness (QED) is 0.784. The van der Waals surface area contributed by atoms with E-state index in [2.05, 4.69) is 9.97 Å². The van der Waals surface area contributed by atoms with Gasteiger partial charge in [0.1, 0.15) is 0 Å². The summed E-state index contributed by atoms with van der Waals surface area (Å²) in [5.41, 5.74) is -3.47. The van der Waals surface area contributed by atoms with Crippen molar-refractivity contribution in [3.8, 4) is 5.75 Å². The third kappa shape index (κ3) is 3.26. The lowest BCUT2D eigenvalue weighted by Gasteiger charge is -2.29. The summed E-state index contributed by atoms with van der Waals surface area (Å²) in [6.07, 6.45) is -2.93. The van der Waals surface area contributed by atoms with Gasteiger partial charge in [-0.05, 0) is 12.1 Å². The minimum atomic E-state index is -5.13. The van der Waals surface area contributed by atoms with E-state index < -0.39 is 35.7 Å². The fraction of sp³-hybridized carbons (Fsp3) is 0.308. The Labute approximate surface area is 128 Å². The van der Waals surface area contributed by atoms with Crippen molar-refractivity contribution in [3.63, 3.8) is 0 Å². The molecule has 2 heterocycles. The molecule has 1 amide bonds. The lowest BCUT2D eigenvalue weighted by molar-refractivity contribution is -0.270. The van der Waals surface area contributed by atoms with Crippen molar-refractivity contribution in [1.29, 1.82) is 0 Å². The first-order valence-electron chi connectivity index (χ1n) is 6.36. The molecule has 2 aromatic rings. The zero-order valence-electron chi connectivity index (χ0n) is 11.9. The van der Waals surface area contributed by atoms with Gasteiger partial charge in [0.15, 0.2) is 17.4 Å². The van der Waals surface area contributed by atoms with E-state index in [1.807, 2.05) is 5.32 Å². The Morgan fingerprint density at radius 3 is 2.57 bits per heavy atom. The molecule has 0 aromatic carbocycles. The van der Waals surface area contributed by atoms with E-state index >= 15 is 0 Å². The van der Waals surface area contributed by atoms with Gasteiger partial charge in [-0.25, -0.2) is 9.97 Å². The van der Waals surface area contributed by atoms with Crippen molar-refractivity contribution in [2.45, 2.75) is 18.2 Å². The number of aromatic hydroxyl groups is 1. The van der Waals surface area contributed by atoms with Crippen LogP contribution in [0.2, 0.25) is 0 Å². The van der Waals surface area contributed by atoms with Crippen LogP contribution in [-0.4, -0.2) is 36.8 Å². The maximum Gasteiger partial charge on any atom is 0.425 e. The molecule has 2 aromatic heterocycles. The fourth-order valence-corrected chi connectivity index (χ4v) is 1.97. The molecule has 7 nitrogen and oxygen atoms in total. The predicted octanol–water partition coefficient (Wildman–Crippen LogP) is 1.30. The Bertz CT molecular complexity index is 716. The summed E-state index contributed by atoms with van der Waals surface area (Å²) in [7, 11) is 1.27. The summed E-state index contributed by atoms with van der Waals surface area (Å²) < 4.78 is 40.8. The van der Waals surface area contributed by atoms with Crippen LogP contribution in [-0.2, 0) is 17.4 Å². The zero-order chi connectivity index (χ0) is 17.3. The molecule has 1 atom stereocenters. The van der Waals surface area contributed by atoms with Crippen LogP contribution in [0.1, 0.15) is 12.2 Å². The fourth-order valence-electron chi connectivity index (χ4n) is 1.97. The maximum absolute atomic E-state index is 13.3. The highest BCUT2D eigenvalue weighted by atomic mass is 19.4. The summed E-state index contributed by atoms with van der Waals surface area (Å²) in [6.45, 7) is 0. The number of carbonyl (C=O) groups excluding carboxylic acids is 1. The lowest BCUT2D eigenvalue weighted by Crippen LogP contribution is -2.46. The average Bonchev–Trinajstić information content (AvgIpc) is 2.86. The Morgan fingerprint density at radius 2 is 2.04 bits per heavy atom. The van der Waals surface area contributed by atoms with Gasteiger partial charge in [0, 0.05) is 25.6 Å². The monoisotopic (exact) mass is 330 g/mol. The van der Waals surface area contributed by atoms with Gasteiger partial charge in [0.25, 0.3) is 0 Å². The molecule has 0 radical (unpaired) electrons. The standard InChI is InChI=1S/C13H13F3N4O3/c1-20-6-5-18-11(20)12(23,13(14,15)16)7-9(22)19-10-8(21)3-2-4-17-10/h2-6,21,23H,7H2,1H3,(H,17,19,22)/t12-/m1/s1. The van der Waals surface area contributed by atoms with Crippen LogP contribution >= 0.6 is 0 Å². The Hall–Kier alpha value is -2.62. The molecule has 0 saturated heterocycles. The normalized spacial score (nSPS) is 14.3. The molecule has 0 aliphatic carbocycles. The van der Waals surface area contributed by atoms with Gasteiger partial charge >= 0.3 is 6.18 Å². The second-order valence-electron chi connectivity index (χ2n) is 4.82. The summed E-state index contributed by atoms with van der Waals surface area (Å²) in [5, 5.41) is 21.5. The molecule has 0 spiro atoms. The first-order valence-corrected chi connectivity index (χ1v) is 6.36. The molecular weight excluding hydrogens is 317 g/mol. The number of alkyl halides is 3. The smallest absolute Gasteiger partial charge is 0.425 e. The third-order valence-corrected chi connectivity index (χ3v) is 3.12. The Kier molecular flexibility index (Phi) is 4.28. The topological polar surface area (TPSA) is 100 Å². The molecule has 124 valence electrons. The number of rotatable bonds is 4. The highest BCUT2D eigenvalue weighted by molar-refractivity contribution is 5.91. The minimum Gasteiger partial charge on any atom is -0.504 e. The van der Waals surface area contributed by atoms with Crippen molar-refractivity contribution < 1.29 is 28.2 Å². The molecule has 23 heavy (non-hydrogen) atoms. The van der Waals surface area contributed by atoms with Crippen LogP contribution < -0.4 is 5.32 Å². The van der Waals surface area contributed by atoms with Gasteiger partial charge in [0.2, 0.25) is 11.5 Å². The van der Waals surface area contributed by atoms with Crippen molar-refractivity contribution in [1.82, 2.24) is 14.5 Å². The second kappa shape index (κ2) is 5.88. The van der Waals surface area contributed by atoms with Crippen LogP contribution in [0.5, 0.6) is 5.75 Å². The van der Waals surface area contributed by atoms with Crippen LogP contribution in [0.3, 0.4) is 0 Å². The van der Waals surface area contributed by atoms with Gasteiger partial charge in [-0.2, -0.15) is 13.2 Å². The molecule has 0 fully saturated rings. The molecule has 10 heteroatoms. The SMILES string of the molecule is Cn1ccnc1[C@](O)(CC(=O)Nc1ncccc1O)C(F)(F)F. The number of hydrogen-bond acceptors (Lipinski definition) is 5. The number of aryl methyl sites for hydroxylation is 1. The summed E-state index contributed by atoms with van der Waals surface area (Å²) in [4.78, 5) is 19.0. The number of nitrogens with zero attached hydrogens (tertiary/aromatic N) is 3. The molecule has 2 rings (SSSR count). The van der Waals surface area contributed by atoms with E-state index in [0.717, 1.165) is 10.8 Å². The van der Waals surface area contributed by atoms with Crippen LogP contribution in [0, 0.1) is 0 Å². The lowest BCUT2D eigenvalue weighted by atomic mass is 9.97. The number of nitrogens with one attached hydrogen (secondary N) is 1. The number of hydrogen-bond donors (Lipinski definition) is 3. The number of halogens is 3. The molecular formula is C13H13F3N4O3. The van der Waals surface area contributed by atoms with E-state index in [1.165, 1.54) is 31.6 Å². The second-order valence-corrected chi connectivity index (χ2v) is 4.82. The van der Waals surface area contributed by atoms with Gasteiger partial charge in [-0.15, -0.1) is 0 Å². The molecule has 0 aliphatic heterocycles. The molecule has 0 saturated carbocycles. The number of aliphatic hydroxyl groups is 1. The highest BCUT2D eigenvalue weighted by Crippen LogP contribution is 2.41. The molecule has 0 bridgehead atoms. The molecule has 3 N–H and O–H groups in total. The van der Waals surface area contributed by atoms with Crippen molar-refractivity contribution in [3.05, 3.63) is 36.5 Å². The predicted molar refractivity (Wildman–Crippen MR) is 72.3 cm³/mol. The van der Waals surface area contributed by atoms with Crippen LogP contribution in [0.25, 0.3) is 0 Å². The summed E-state index contributed by atoms with van der Waals surface area (Å²) >= 11 is 0. The number of imidazole rings is 1. The Morgan fingerprint density at radius 1 is 1.35 bits per heavy atom. The minimum absolute atomic E-state index is 0.304. The van der Waals surface area contributed by atoms with Crippen LogP contribution in [0.4, 0.5) is 19.0 Å². The number of anilines is 1. The molecule has 0 unspecified atom stereocenters. The van der Waals surface area contributed by atoms with Gasteiger partial charge < -0.3 is 20.1 Å². The summed E-state index contributed by atoms with van der Waals surface area (Å²) in [5.74, 6) is -2.61.